The van der Waals surface area contributed by atoms with E-state index < -0.39 is 0 Å². The van der Waals surface area contributed by atoms with Crippen molar-refractivity contribution in [1.29, 1.82) is 5.26 Å². The zero-order chi connectivity index (χ0) is 12.3. The quantitative estimate of drug-likeness (QED) is 0.833. The van der Waals surface area contributed by atoms with Crippen LogP contribution in [-0.2, 0) is 0 Å². The number of carbonyl (C=O) groups is 1. The highest BCUT2D eigenvalue weighted by Gasteiger charge is 2.07. The number of hydrogen-bond acceptors (Lipinski definition) is 3. The number of nitrogens with one attached hydrogen (secondary N) is 1. The molecule has 17 heavy (non-hydrogen) atoms. The molecule has 0 fully saturated rings. The van der Waals surface area contributed by atoms with E-state index in [4.69, 9.17) is 5.26 Å². The van der Waals surface area contributed by atoms with Gasteiger partial charge in [-0.1, -0.05) is 6.07 Å². The number of nitriles is 1. The summed E-state index contributed by atoms with van der Waals surface area (Å²) in [5, 5.41) is 15.4. The molecule has 0 atom stereocenters. The third-order valence-electron chi connectivity index (χ3n) is 2.29. The Morgan fingerprint density at radius 3 is 3.00 bits per heavy atom. The molecular formula is C12H10N4O. The van der Waals surface area contributed by atoms with Crippen LogP contribution < -0.4 is 5.32 Å². The predicted octanol–water partition coefficient (Wildman–Crippen LogP) is 1.10. The Balaban J connectivity index is 2.37. The Bertz CT molecular complexity index is 595. The van der Waals surface area contributed by atoms with Crippen molar-refractivity contribution < 1.29 is 4.79 Å². The molecule has 5 nitrogen and oxygen atoms in total. The smallest absolute Gasteiger partial charge is 0.271 e. The van der Waals surface area contributed by atoms with E-state index in [0.717, 1.165) is 5.69 Å². The van der Waals surface area contributed by atoms with Crippen molar-refractivity contribution >= 4 is 5.91 Å². The second kappa shape index (κ2) is 4.49. The molecule has 2 rings (SSSR count). The topological polar surface area (TPSA) is 70.7 Å². The molecular weight excluding hydrogens is 216 g/mol. The molecule has 0 aliphatic heterocycles. The molecule has 1 heterocycles. The summed E-state index contributed by atoms with van der Waals surface area (Å²) in [5.41, 5.74) is 1.65. The van der Waals surface area contributed by atoms with Gasteiger partial charge in [0.15, 0.2) is 5.69 Å². The minimum Gasteiger partial charge on any atom is -0.354 e. The van der Waals surface area contributed by atoms with Crippen LogP contribution in [0.1, 0.15) is 16.1 Å². The summed E-state index contributed by atoms with van der Waals surface area (Å²) in [7, 11) is 1.55. The number of nitrogens with zero attached hydrogens (tertiary/aromatic N) is 3. The van der Waals surface area contributed by atoms with Crippen LogP contribution in [0.15, 0.2) is 36.5 Å². The van der Waals surface area contributed by atoms with E-state index in [-0.39, 0.29) is 5.91 Å². The molecule has 5 heteroatoms. The standard InChI is InChI=1S/C12H10N4O/c1-14-12(17)11-5-6-16(15-11)10-4-2-3-9(7-10)8-13/h2-7H,1H3,(H,14,17). The maximum Gasteiger partial charge on any atom is 0.271 e. The molecule has 0 unspecified atom stereocenters. The maximum atomic E-state index is 11.3. The zero-order valence-electron chi connectivity index (χ0n) is 9.21. The second-order valence-corrected chi connectivity index (χ2v) is 3.39. The van der Waals surface area contributed by atoms with Crippen molar-refractivity contribution in [2.24, 2.45) is 0 Å². The van der Waals surface area contributed by atoms with Crippen LogP contribution in [0, 0.1) is 11.3 Å². The molecule has 0 aliphatic carbocycles. The van der Waals surface area contributed by atoms with Crippen molar-refractivity contribution in [2.75, 3.05) is 7.05 Å². The summed E-state index contributed by atoms with van der Waals surface area (Å²) in [6.45, 7) is 0. The predicted molar refractivity (Wildman–Crippen MR) is 61.7 cm³/mol. The fourth-order valence-corrected chi connectivity index (χ4v) is 1.43. The first-order valence-electron chi connectivity index (χ1n) is 5.03. The zero-order valence-corrected chi connectivity index (χ0v) is 9.21. The SMILES string of the molecule is CNC(=O)c1ccn(-c2cccc(C#N)c2)n1. The lowest BCUT2D eigenvalue weighted by Gasteiger charge is -2.00. The fraction of sp³-hybridized carbons (Fsp3) is 0.0833. The van der Waals surface area contributed by atoms with Crippen molar-refractivity contribution in [3.8, 4) is 11.8 Å². The van der Waals surface area contributed by atoms with E-state index in [1.165, 1.54) is 0 Å². The number of aromatic nitrogens is 2. The lowest BCUT2D eigenvalue weighted by molar-refractivity contribution is 0.0958. The molecule has 2 aromatic rings. The van der Waals surface area contributed by atoms with Crippen molar-refractivity contribution in [3.63, 3.8) is 0 Å². The van der Waals surface area contributed by atoms with Gasteiger partial charge in [0.2, 0.25) is 0 Å². The van der Waals surface area contributed by atoms with Gasteiger partial charge < -0.3 is 5.32 Å². The van der Waals surface area contributed by atoms with Gasteiger partial charge >= 0.3 is 0 Å². The van der Waals surface area contributed by atoms with Gasteiger partial charge in [-0.15, -0.1) is 0 Å². The third kappa shape index (κ3) is 2.16. The van der Waals surface area contributed by atoms with Crippen LogP contribution in [0.2, 0.25) is 0 Å². The minimum absolute atomic E-state index is 0.236. The van der Waals surface area contributed by atoms with E-state index in [1.807, 2.05) is 6.07 Å². The van der Waals surface area contributed by atoms with Crippen molar-refractivity contribution in [3.05, 3.63) is 47.8 Å². The highest BCUT2D eigenvalue weighted by Crippen LogP contribution is 2.09. The van der Waals surface area contributed by atoms with Crippen LogP contribution in [0.3, 0.4) is 0 Å². The first kappa shape index (κ1) is 10.9. The number of amides is 1. The molecule has 1 N–H and O–H groups in total. The molecule has 1 aromatic carbocycles. The molecule has 0 saturated carbocycles. The Morgan fingerprint density at radius 1 is 1.47 bits per heavy atom. The average molecular weight is 226 g/mol. The highest BCUT2D eigenvalue weighted by molar-refractivity contribution is 5.91. The normalized spacial score (nSPS) is 9.65. The lowest BCUT2D eigenvalue weighted by Crippen LogP contribution is -2.18. The summed E-state index contributed by atoms with van der Waals surface area (Å²) in [4.78, 5) is 11.3. The van der Waals surface area contributed by atoms with Crippen LogP contribution >= 0.6 is 0 Å². The van der Waals surface area contributed by atoms with E-state index >= 15 is 0 Å². The number of benzene rings is 1. The lowest BCUT2D eigenvalue weighted by atomic mass is 10.2. The van der Waals surface area contributed by atoms with E-state index in [1.54, 1.807) is 42.2 Å². The van der Waals surface area contributed by atoms with Crippen LogP contribution in [0.4, 0.5) is 0 Å². The van der Waals surface area contributed by atoms with Gasteiger partial charge in [0.25, 0.3) is 5.91 Å². The molecule has 1 amide bonds. The second-order valence-electron chi connectivity index (χ2n) is 3.39. The van der Waals surface area contributed by atoms with E-state index in [0.29, 0.717) is 11.3 Å². The number of hydrogen-bond donors (Lipinski definition) is 1. The first-order valence-corrected chi connectivity index (χ1v) is 5.03. The Kier molecular flexibility index (Phi) is 2.88. The molecule has 0 aliphatic rings. The van der Waals surface area contributed by atoms with Gasteiger partial charge in [-0.3, -0.25) is 4.79 Å². The van der Waals surface area contributed by atoms with Gasteiger partial charge in [-0.25, -0.2) is 4.68 Å². The summed E-state index contributed by atoms with van der Waals surface area (Å²) < 4.78 is 1.56. The Hall–Kier alpha value is -2.61. The Labute approximate surface area is 98.3 Å². The maximum absolute atomic E-state index is 11.3. The van der Waals surface area contributed by atoms with Gasteiger partial charge in [-0.2, -0.15) is 10.4 Å². The molecule has 84 valence electrons. The van der Waals surface area contributed by atoms with Gasteiger partial charge in [0, 0.05) is 13.2 Å². The van der Waals surface area contributed by atoms with Gasteiger partial charge in [-0.05, 0) is 24.3 Å². The highest BCUT2D eigenvalue weighted by atomic mass is 16.1. The summed E-state index contributed by atoms with van der Waals surface area (Å²) in [6, 6.07) is 10.7. The Morgan fingerprint density at radius 2 is 2.29 bits per heavy atom. The fourth-order valence-electron chi connectivity index (χ4n) is 1.43. The molecule has 1 aromatic heterocycles. The van der Waals surface area contributed by atoms with E-state index in [9.17, 15) is 4.79 Å². The van der Waals surface area contributed by atoms with Crippen LogP contribution in [0.5, 0.6) is 0 Å². The first-order chi connectivity index (χ1) is 8.24. The molecule has 0 bridgehead atoms. The number of rotatable bonds is 2. The van der Waals surface area contributed by atoms with Crippen LogP contribution in [-0.4, -0.2) is 22.7 Å². The summed E-state index contributed by atoms with van der Waals surface area (Å²) in [6.07, 6.45) is 1.68. The van der Waals surface area contributed by atoms with Gasteiger partial charge in [0.1, 0.15) is 0 Å². The average Bonchev–Trinajstić information content (AvgIpc) is 2.87. The largest absolute Gasteiger partial charge is 0.354 e. The van der Waals surface area contributed by atoms with Crippen molar-refractivity contribution in [2.45, 2.75) is 0 Å². The molecule has 0 radical (unpaired) electrons. The monoisotopic (exact) mass is 226 g/mol. The number of carbonyl (C=O) groups excluding carboxylic acids is 1. The van der Waals surface area contributed by atoms with E-state index in [2.05, 4.69) is 16.5 Å². The minimum atomic E-state index is -0.236. The summed E-state index contributed by atoms with van der Waals surface area (Å²) >= 11 is 0. The third-order valence-corrected chi connectivity index (χ3v) is 2.29. The van der Waals surface area contributed by atoms with Crippen molar-refractivity contribution in [1.82, 2.24) is 15.1 Å². The molecule has 0 spiro atoms. The summed E-state index contributed by atoms with van der Waals surface area (Å²) in [5.74, 6) is -0.236. The molecule has 0 saturated heterocycles. The van der Waals surface area contributed by atoms with Crippen LogP contribution in [0.25, 0.3) is 5.69 Å². The van der Waals surface area contributed by atoms with Gasteiger partial charge in [0.05, 0.1) is 17.3 Å².